The summed E-state index contributed by atoms with van der Waals surface area (Å²) >= 11 is 0. The molecule has 0 spiro atoms. The molecule has 148 valence electrons. The highest BCUT2D eigenvalue weighted by molar-refractivity contribution is 6.09. The van der Waals surface area contributed by atoms with Crippen molar-refractivity contribution >= 4 is 28.2 Å². The number of methoxy groups -OCH3 is 1. The summed E-state index contributed by atoms with van der Waals surface area (Å²) in [6, 6.07) is 13.6. The fourth-order valence-corrected chi connectivity index (χ4v) is 3.23. The molecule has 0 aliphatic rings. The molecule has 0 radical (unpaired) electrons. The fourth-order valence-electron chi connectivity index (χ4n) is 3.23. The van der Waals surface area contributed by atoms with Crippen molar-refractivity contribution in [1.82, 2.24) is 9.88 Å². The molecule has 0 fully saturated rings. The molecule has 1 aromatic heterocycles. The Balaban J connectivity index is 2.21. The van der Waals surface area contributed by atoms with Crippen LogP contribution in [-0.2, 0) is 0 Å². The topological polar surface area (TPSA) is 54.5 Å². The minimum atomic E-state index is -0.141. The number of anilines is 2. The van der Waals surface area contributed by atoms with Gasteiger partial charge in [-0.2, -0.15) is 0 Å². The van der Waals surface area contributed by atoms with Gasteiger partial charge in [0.05, 0.1) is 18.4 Å². The van der Waals surface area contributed by atoms with Gasteiger partial charge in [0.2, 0.25) is 0 Å². The van der Waals surface area contributed by atoms with E-state index in [1.807, 2.05) is 49.4 Å². The lowest BCUT2D eigenvalue weighted by Crippen LogP contribution is -2.32. The van der Waals surface area contributed by atoms with E-state index >= 15 is 0 Å². The predicted octanol–water partition coefficient (Wildman–Crippen LogP) is 5.11. The van der Waals surface area contributed by atoms with E-state index in [-0.39, 0.29) is 5.91 Å². The van der Waals surface area contributed by atoms with E-state index < -0.39 is 0 Å². The number of nitrogens with zero attached hydrogens (tertiary/aromatic N) is 2. The zero-order valence-corrected chi connectivity index (χ0v) is 16.8. The number of amides is 1. The Morgan fingerprint density at radius 2 is 1.86 bits per heavy atom. The zero-order valence-electron chi connectivity index (χ0n) is 16.8. The number of hydrogen-bond donors (Lipinski definition) is 1. The van der Waals surface area contributed by atoms with Gasteiger partial charge in [0.25, 0.3) is 5.91 Å². The highest BCUT2D eigenvalue weighted by Crippen LogP contribution is 2.34. The Morgan fingerprint density at radius 3 is 2.52 bits per heavy atom. The van der Waals surface area contributed by atoms with Gasteiger partial charge in [-0.1, -0.05) is 42.5 Å². The summed E-state index contributed by atoms with van der Waals surface area (Å²) in [5, 5.41) is 4.28. The summed E-state index contributed by atoms with van der Waals surface area (Å²) in [6.07, 6.45) is 5.01. The van der Waals surface area contributed by atoms with Crippen LogP contribution < -0.4 is 10.1 Å². The summed E-state index contributed by atoms with van der Waals surface area (Å²) in [6.45, 7) is 10.4. The summed E-state index contributed by atoms with van der Waals surface area (Å²) in [5.74, 6) is 0.515. The van der Waals surface area contributed by atoms with Crippen LogP contribution in [0.4, 0.5) is 11.4 Å². The molecule has 0 unspecified atom stereocenters. The van der Waals surface area contributed by atoms with Crippen LogP contribution in [-0.4, -0.2) is 36.0 Å². The molecule has 2 aromatic carbocycles. The van der Waals surface area contributed by atoms with Crippen molar-refractivity contribution in [3.63, 3.8) is 0 Å². The number of fused-ring (bicyclic) bond motifs is 1. The van der Waals surface area contributed by atoms with Gasteiger partial charge in [0, 0.05) is 30.4 Å². The van der Waals surface area contributed by atoms with E-state index in [9.17, 15) is 4.79 Å². The predicted molar refractivity (Wildman–Crippen MR) is 119 cm³/mol. The molecule has 3 aromatic rings. The second kappa shape index (κ2) is 9.06. The zero-order chi connectivity index (χ0) is 20.8. The van der Waals surface area contributed by atoms with Gasteiger partial charge in [-0.3, -0.25) is 9.78 Å². The Kier molecular flexibility index (Phi) is 6.29. The molecule has 0 atom stereocenters. The summed E-state index contributed by atoms with van der Waals surface area (Å²) in [5.41, 5.74) is 3.88. The van der Waals surface area contributed by atoms with Crippen LogP contribution in [0, 0.1) is 6.92 Å². The molecule has 0 saturated heterocycles. The molecule has 29 heavy (non-hydrogen) atoms. The number of carbonyl (C=O) groups excluding carboxylic acids is 1. The van der Waals surface area contributed by atoms with Gasteiger partial charge >= 0.3 is 0 Å². The van der Waals surface area contributed by atoms with Crippen molar-refractivity contribution in [3.8, 4) is 5.75 Å². The first-order chi connectivity index (χ1) is 14.1. The number of aryl methyl sites for hydroxylation is 1. The highest BCUT2D eigenvalue weighted by atomic mass is 16.5. The third kappa shape index (κ3) is 4.14. The molecule has 5 heteroatoms. The van der Waals surface area contributed by atoms with Crippen LogP contribution in [0.1, 0.15) is 15.9 Å². The monoisotopic (exact) mass is 387 g/mol. The number of nitrogens with one attached hydrogen (secondary N) is 1. The number of carbonyl (C=O) groups is 1. The van der Waals surface area contributed by atoms with Crippen molar-refractivity contribution in [1.29, 1.82) is 0 Å². The number of benzene rings is 2. The van der Waals surface area contributed by atoms with Gasteiger partial charge < -0.3 is 15.0 Å². The van der Waals surface area contributed by atoms with E-state index in [0.29, 0.717) is 35.6 Å². The number of ether oxygens (including phenoxy) is 1. The van der Waals surface area contributed by atoms with Gasteiger partial charge in [0.1, 0.15) is 11.3 Å². The van der Waals surface area contributed by atoms with Gasteiger partial charge in [-0.15, -0.1) is 13.2 Å². The van der Waals surface area contributed by atoms with E-state index in [4.69, 9.17) is 4.74 Å². The SMILES string of the molecule is C=CCN(CC=C)C(=O)c1cnc2c(OC)cccc2c1Nc1ccccc1C. The molecule has 0 bridgehead atoms. The van der Waals surface area contributed by atoms with Gasteiger partial charge in [-0.25, -0.2) is 0 Å². The molecular formula is C24H25N3O2. The Labute approximate surface area is 171 Å². The van der Waals surface area contributed by atoms with Crippen LogP contribution >= 0.6 is 0 Å². The Hall–Kier alpha value is -3.60. The molecule has 0 aliphatic heterocycles. The average Bonchev–Trinajstić information content (AvgIpc) is 2.74. The lowest BCUT2D eigenvalue weighted by Gasteiger charge is -2.22. The maximum Gasteiger partial charge on any atom is 0.258 e. The number of hydrogen-bond acceptors (Lipinski definition) is 4. The summed E-state index contributed by atoms with van der Waals surface area (Å²) in [4.78, 5) is 19.5. The van der Waals surface area contributed by atoms with Crippen LogP contribution in [0.25, 0.3) is 10.9 Å². The van der Waals surface area contributed by atoms with E-state index in [1.165, 1.54) is 0 Å². The summed E-state index contributed by atoms with van der Waals surface area (Å²) < 4.78 is 5.47. The number of para-hydroxylation sites is 2. The van der Waals surface area contributed by atoms with Crippen LogP contribution in [0.5, 0.6) is 5.75 Å². The maximum atomic E-state index is 13.3. The fraction of sp³-hybridized carbons (Fsp3) is 0.167. The number of rotatable bonds is 8. The number of aromatic nitrogens is 1. The lowest BCUT2D eigenvalue weighted by molar-refractivity contribution is 0.0791. The third-order valence-corrected chi connectivity index (χ3v) is 4.70. The second-order valence-corrected chi connectivity index (χ2v) is 6.63. The van der Waals surface area contributed by atoms with Crippen LogP contribution in [0.15, 0.2) is 74.0 Å². The standard InChI is InChI=1S/C24H25N3O2/c1-5-14-27(15-6-2)24(28)19-16-25-23-18(11-9-13-21(23)29-4)22(19)26-20-12-8-7-10-17(20)3/h5-13,16H,1-2,14-15H2,3-4H3,(H,25,26). The van der Waals surface area contributed by atoms with E-state index in [1.54, 1.807) is 30.4 Å². The number of pyridine rings is 1. The van der Waals surface area contributed by atoms with Gasteiger partial charge in [0.15, 0.2) is 0 Å². The molecule has 3 rings (SSSR count). The maximum absolute atomic E-state index is 13.3. The molecule has 1 N–H and O–H groups in total. The van der Waals surface area contributed by atoms with Crippen LogP contribution in [0.3, 0.4) is 0 Å². The molecule has 0 saturated carbocycles. The Morgan fingerprint density at radius 1 is 1.14 bits per heavy atom. The van der Waals surface area contributed by atoms with E-state index in [0.717, 1.165) is 16.6 Å². The molecular weight excluding hydrogens is 362 g/mol. The first-order valence-corrected chi connectivity index (χ1v) is 9.40. The molecule has 1 heterocycles. The minimum absolute atomic E-state index is 0.141. The van der Waals surface area contributed by atoms with Crippen molar-refractivity contribution in [2.45, 2.75) is 6.92 Å². The van der Waals surface area contributed by atoms with Crippen LogP contribution in [0.2, 0.25) is 0 Å². The second-order valence-electron chi connectivity index (χ2n) is 6.63. The van der Waals surface area contributed by atoms with Crippen molar-refractivity contribution in [2.24, 2.45) is 0 Å². The summed E-state index contributed by atoms with van der Waals surface area (Å²) in [7, 11) is 1.61. The normalized spacial score (nSPS) is 10.4. The smallest absolute Gasteiger partial charge is 0.258 e. The first-order valence-electron chi connectivity index (χ1n) is 9.40. The average molecular weight is 387 g/mol. The Bertz CT molecular complexity index is 1050. The lowest BCUT2D eigenvalue weighted by atomic mass is 10.1. The van der Waals surface area contributed by atoms with Gasteiger partial charge in [-0.05, 0) is 24.6 Å². The van der Waals surface area contributed by atoms with Crippen molar-refractivity contribution in [3.05, 3.63) is 85.1 Å². The molecule has 1 amide bonds. The van der Waals surface area contributed by atoms with E-state index in [2.05, 4.69) is 23.5 Å². The minimum Gasteiger partial charge on any atom is -0.494 e. The van der Waals surface area contributed by atoms with Crippen molar-refractivity contribution in [2.75, 3.05) is 25.5 Å². The third-order valence-electron chi connectivity index (χ3n) is 4.70. The molecule has 5 nitrogen and oxygen atoms in total. The first kappa shape index (κ1) is 20.1. The molecule has 0 aliphatic carbocycles. The quantitative estimate of drug-likeness (QED) is 0.546. The highest BCUT2D eigenvalue weighted by Gasteiger charge is 2.21. The van der Waals surface area contributed by atoms with Crippen molar-refractivity contribution < 1.29 is 9.53 Å². The largest absolute Gasteiger partial charge is 0.494 e.